The van der Waals surface area contributed by atoms with Gasteiger partial charge in [0, 0.05) is 30.3 Å². The molecule has 0 unspecified atom stereocenters. The van der Waals surface area contributed by atoms with Crippen LogP contribution in [0.2, 0.25) is 10.0 Å². The van der Waals surface area contributed by atoms with Gasteiger partial charge in [-0.3, -0.25) is 14.0 Å². The minimum absolute atomic E-state index is 0. The zero-order valence-electron chi connectivity index (χ0n) is 17.9. The molecular weight excluding hydrogens is 555 g/mol. The van der Waals surface area contributed by atoms with Crippen LogP contribution in [0.5, 0.6) is 5.75 Å². The molecule has 11 heteroatoms. The first-order valence-electron chi connectivity index (χ1n) is 9.61. The average molecular weight is 577 g/mol. The molecule has 176 valence electrons. The monoisotopic (exact) mass is 574 g/mol. The van der Waals surface area contributed by atoms with E-state index < -0.39 is 0 Å². The summed E-state index contributed by atoms with van der Waals surface area (Å²) in [5, 5.41) is 3.24. The molecule has 0 radical (unpaired) electrons. The fraction of sp³-hybridized carbons (Fsp3) is 0.227. The Labute approximate surface area is 216 Å². The predicted molar refractivity (Wildman–Crippen MR) is 137 cm³/mol. The fourth-order valence-corrected chi connectivity index (χ4v) is 3.98. The van der Waals surface area contributed by atoms with Crippen LogP contribution in [0.3, 0.4) is 0 Å². The van der Waals surface area contributed by atoms with Crippen LogP contribution < -0.4 is 15.0 Å². The summed E-state index contributed by atoms with van der Waals surface area (Å²) in [7, 11) is 1.58. The standard InChI is InChI=1S/C22H21BrCl2N4O3.ClH/c1-4-6-18(30)26-11-19(31)28(3)16-9-8-15(24)14(20(16)25)12-32-17-7-5-10-29-21(23)13(2)27-22(17)29;/h4-5,7-10H,1,6,11-12H2,2-3H3,(H,26,30);1H. The SMILES string of the molecule is C=CCC(=O)NCC(=O)N(C)c1ccc(Cl)c(COc2cccn3c(Br)c(C)nc23)c1Cl.Cl. The molecule has 0 saturated carbocycles. The molecule has 1 aromatic carbocycles. The molecule has 0 aliphatic heterocycles. The van der Waals surface area contributed by atoms with Crippen LogP contribution >= 0.6 is 51.5 Å². The molecule has 3 rings (SSSR count). The number of nitrogens with zero attached hydrogens (tertiary/aromatic N) is 3. The first kappa shape index (κ1) is 27.0. The number of nitrogens with one attached hydrogen (secondary N) is 1. The van der Waals surface area contributed by atoms with Crippen LogP contribution in [0, 0.1) is 6.92 Å². The third-order valence-corrected chi connectivity index (χ3v) is 6.49. The summed E-state index contributed by atoms with van der Waals surface area (Å²) in [6.45, 7) is 5.30. The highest BCUT2D eigenvalue weighted by atomic mass is 79.9. The van der Waals surface area contributed by atoms with Gasteiger partial charge in [0.15, 0.2) is 11.4 Å². The number of carbonyl (C=O) groups is 2. The molecule has 0 aliphatic rings. The van der Waals surface area contributed by atoms with Crippen LogP contribution in [-0.4, -0.2) is 34.8 Å². The van der Waals surface area contributed by atoms with Gasteiger partial charge in [0.25, 0.3) is 0 Å². The van der Waals surface area contributed by atoms with Crippen molar-refractivity contribution in [2.24, 2.45) is 0 Å². The zero-order chi connectivity index (χ0) is 23.4. The number of anilines is 1. The van der Waals surface area contributed by atoms with E-state index in [4.69, 9.17) is 27.9 Å². The number of aromatic nitrogens is 2. The molecule has 0 aliphatic carbocycles. The van der Waals surface area contributed by atoms with Crippen molar-refractivity contribution >= 4 is 74.7 Å². The number of aryl methyl sites for hydroxylation is 1. The lowest BCUT2D eigenvalue weighted by Gasteiger charge is -2.21. The molecule has 2 amide bonds. The van der Waals surface area contributed by atoms with Gasteiger partial charge in [-0.15, -0.1) is 19.0 Å². The van der Waals surface area contributed by atoms with Gasteiger partial charge in [0.05, 0.1) is 22.9 Å². The van der Waals surface area contributed by atoms with Gasteiger partial charge >= 0.3 is 0 Å². The zero-order valence-corrected chi connectivity index (χ0v) is 21.8. The number of benzene rings is 1. The number of halogens is 4. The first-order valence-corrected chi connectivity index (χ1v) is 11.2. The Bertz CT molecular complexity index is 1200. The molecule has 0 fully saturated rings. The Kier molecular flexibility index (Phi) is 9.60. The molecule has 2 aromatic heterocycles. The second kappa shape index (κ2) is 11.7. The Morgan fingerprint density at radius 2 is 2.06 bits per heavy atom. The lowest BCUT2D eigenvalue weighted by molar-refractivity contribution is -0.124. The highest BCUT2D eigenvalue weighted by Gasteiger charge is 2.19. The smallest absolute Gasteiger partial charge is 0.246 e. The molecule has 0 spiro atoms. The molecule has 0 bridgehead atoms. The van der Waals surface area contributed by atoms with Crippen molar-refractivity contribution in [3.8, 4) is 5.75 Å². The maximum Gasteiger partial charge on any atom is 0.246 e. The van der Waals surface area contributed by atoms with E-state index >= 15 is 0 Å². The van der Waals surface area contributed by atoms with Gasteiger partial charge in [-0.05, 0) is 47.1 Å². The number of imidazole rings is 1. The van der Waals surface area contributed by atoms with Crippen LogP contribution in [0.4, 0.5) is 5.69 Å². The normalized spacial score (nSPS) is 10.5. The number of hydrogen-bond donors (Lipinski definition) is 1. The summed E-state index contributed by atoms with van der Waals surface area (Å²) in [5.74, 6) is -0.0535. The van der Waals surface area contributed by atoms with Crippen LogP contribution in [-0.2, 0) is 16.2 Å². The van der Waals surface area contributed by atoms with E-state index in [1.807, 2.05) is 23.6 Å². The first-order chi connectivity index (χ1) is 15.2. The molecule has 2 heterocycles. The van der Waals surface area contributed by atoms with E-state index in [9.17, 15) is 9.59 Å². The van der Waals surface area contributed by atoms with Crippen molar-refractivity contribution in [3.63, 3.8) is 0 Å². The van der Waals surface area contributed by atoms with Crippen molar-refractivity contribution in [2.45, 2.75) is 20.0 Å². The molecule has 7 nitrogen and oxygen atoms in total. The number of pyridine rings is 1. The van der Waals surface area contributed by atoms with Crippen molar-refractivity contribution in [1.29, 1.82) is 0 Å². The van der Waals surface area contributed by atoms with Gasteiger partial charge in [-0.2, -0.15) is 0 Å². The van der Waals surface area contributed by atoms with Crippen LogP contribution in [0.15, 0.2) is 47.7 Å². The number of rotatable bonds is 8. The predicted octanol–water partition coefficient (Wildman–Crippen LogP) is 5.37. The summed E-state index contributed by atoms with van der Waals surface area (Å²) in [4.78, 5) is 30.0. The van der Waals surface area contributed by atoms with E-state index in [1.165, 1.54) is 11.0 Å². The summed E-state index contributed by atoms with van der Waals surface area (Å²) in [6.07, 6.45) is 3.48. The van der Waals surface area contributed by atoms with Crippen molar-refractivity contribution in [3.05, 3.63) is 69.0 Å². The number of ether oxygens (including phenoxy) is 1. The largest absolute Gasteiger partial charge is 0.485 e. The number of hydrogen-bond acceptors (Lipinski definition) is 4. The molecule has 0 saturated heterocycles. The number of fused-ring (bicyclic) bond motifs is 1. The lowest BCUT2D eigenvalue weighted by Crippen LogP contribution is -2.38. The van der Waals surface area contributed by atoms with E-state index in [0.717, 1.165) is 10.3 Å². The van der Waals surface area contributed by atoms with E-state index in [0.29, 0.717) is 32.7 Å². The maximum absolute atomic E-state index is 12.5. The Balaban J connectivity index is 0.00000385. The minimum atomic E-state index is -0.332. The molecule has 33 heavy (non-hydrogen) atoms. The maximum atomic E-state index is 12.5. The second-order valence-electron chi connectivity index (χ2n) is 6.92. The lowest BCUT2D eigenvalue weighted by atomic mass is 10.2. The molecule has 0 atom stereocenters. The van der Waals surface area contributed by atoms with Gasteiger partial charge in [-0.1, -0.05) is 29.3 Å². The van der Waals surface area contributed by atoms with Gasteiger partial charge in [0.2, 0.25) is 11.8 Å². The molecular formula is C22H22BrCl3N4O3. The van der Waals surface area contributed by atoms with E-state index in [-0.39, 0.29) is 43.8 Å². The van der Waals surface area contributed by atoms with Gasteiger partial charge in [-0.25, -0.2) is 4.98 Å². The van der Waals surface area contributed by atoms with E-state index in [1.54, 1.807) is 25.2 Å². The van der Waals surface area contributed by atoms with Gasteiger partial charge in [0.1, 0.15) is 11.2 Å². The summed E-state index contributed by atoms with van der Waals surface area (Å²) >= 11 is 16.5. The summed E-state index contributed by atoms with van der Waals surface area (Å²) in [5.41, 5.74) is 2.48. The summed E-state index contributed by atoms with van der Waals surface area (Å²) < 4.78 is 8.71. The highest BCUT2D eigenvalue weighted by Crippen LogP contribution is 2.35. The van der Waals surface area contributed by atoms with Gasteiger partial charge < -0.3 is 15.0 Å². The molecule has 3 aromatic rings. The van der Waals surface area contributed by atoms with Crippen molar-refractivity contribution in [2.75, 3.05) is 18.5 Å². The number of likely N-dealkylation sites (N-methyl/N-ethyl adjacent to an activating group) is 1. The quantitative estimate of drug-likeness (QED) is 0.366. The average Bonchev–Trinajstić information content (AvgIpc) is 3.06. The Hall–Kier alpha value is -2.26. The van der Waals surface area contributed by atoms with Crippen LogP contribution in [0.1, 0.15) is 17.7 Å². The minimum Gasteiger partial charge on any atom is -0.485 e. The van der Waals surface area contributed by atoms with E-state index in [2.05, 4.69) is 32.8 Å². The third kappa shape index (κ3) is 6.00. The fourth-order valence-electron chi connectivity index (χ4n) is 3.00. The topological polar surface area (TPSA) is 75.9 Å². The highest BCUT2D eigenvalue weighted by molar-refractivity contribution is 9.10. The third-order valence-electron chi connectivity index (χ3n) is 4.75. The van der Waals surface area contributed by atoms with Crippen LogP contribution in [0.25, 0.3) is 5.65 Å². The number of amides is 2. The second-order valence-corrected chi connectivity index (χ2v) is 8.46. The number of carbonyl (C=O) groups excluding carboxylic acids is 2. The Morgan fingerprint density at radius 1 is 1.33 bits per heavy atom. The summed E-state index contributed by atoms with van der Waals surface area (Å²) in [6, 6.07) is 6.95. The molecule has 1 N–H and O–H groups in total. The van der Waals surface area contributed by atoms with Crippen molar-refractivity contribution < 1.29 is 14.3 Å². The van der Waals surface area contributed by atoms with Crippen molar-refractivity contribution in [1.82, 2.24) is 14.7 Å². The Morgan fingerprint density at radius 3 is 2.76 bits per heavy atom.